The Morgan fingerprint density at radius 2 is 2.15 bits per heavy atom. The van der Waals surface area contributed by atoms with Crippen LogP contribution in [0.2, 0.25) is 5.02 Å². The van der Waals surface area contributed by atoms with Crippen molar-refractivity contribution in [2.45, 2.75) is 20.3 Å². The van der Waals surface area contributed by atoms with Crippen molar-refractivity contribution in [1.82, 2.24) is 0 Å². The number of rotatable bonds is 2. The van der Waals surface area contributed by atoms with Crippen LogP contribution in [-0.4, -0.2) is 0 Å². The smallest absolute Gasteiger partial charge is 0.0995 e. The lowest BCUT2D eigenvalue weighted by Gasteiger charge is -2.08. The van der Waals surface area contributed by atoms with Crippen LogP contribution in [0.25, 0.3) is 0 Å². The van der Waals surface area contributed by atoms with E-state index in [0.717, 1.165) is 12.0 Å². The summed E-state index contributed by atoms with van der Waals surface area (Å²) in [5.74, 6) is 0.520. The Morgan fingerprint density at radius 3 is 2.69 bits per heavy atom. The van der Waals surface area contributed by atoms with Crippen LogP contribution in [0.1, 0.15) is 25.0 Å². The number of hydrogen-bond acceptors (Lipinski definition) is 1. The van der Waals surface area contributed by atoms with Crippen molar-refractivity contribution in [3.05, 3.63) is 34.3 Å². The molecule has 1 rings (SSSR count). The van der Waals surface area contributed by atoms with Gasteiger partial charge in [0.05, 0.1) is 11.6 Å². The van der Waals surface area contributed by atoms with Crippen molar-refractivity contribution in [2.24, 2.45) is 5.92 Å². The molecule has 0 N–H and O–H groups in total. The molecule has 1 aromatic rings. The monoisotopic (exact) mass is 193 g/mol. The second-order valence-electron chi connectivity index (χ2n) is 3.48. The van der Waals surface area contributed by atoms with Crippen molar-refractivity contribution < 1.29 is 0 Å². The summed E-state index contributed by atoms with van der Waals surface area (Å²) >= 11 is 6.00. The predicted octanol–water partition coefficient (Wildman–Crippen LogP) is 3.41. The van der Waals surface area contributed by atoms with Gasteiger partial charge in [0.1, 0.15) is 0 Å². The Morgan fingerprint density at radius 1 is 1.46 bits per heavy atom. The molecular weight excluding hydrogens is 182 g/mol. The Balaban J connectivity index is 3.10. The van der Waals surface area contributed by atoms with E-state index in [1.54, 1.807) is 0 Å². The molecule has 1 nitrogen and oxygen atoms in total. The zero-order valence-corrected chi connectivity index (χ0v) is 8.60. The molecule has 0 spiro atoms. The maximum absolute atomic E-state index is 8.85. The Hall–Kier alpha value is -1.00. The summed E-state index contributed by atoms with van der Waals surface area (Å²) in [5, 5.41) is 9.55. The molecule has 0 amide bonds. The van der Waals surface area contributed by atoms with Crippen LogP contribution in [0.5, 0.6) is 0 Å². The minimum absolute atomic E-state index is 0.520. The van der Waals surface area contributed by atoms with Gasteiger partial charge in [-0.15, -0.1) is 0 Å². The van der Waals surface area contributed by atoms with Gasteiger partial charge in [-0.1, -0.05) is 31.5 Å². The topological polar surface area (TPSA) is 23.8 Å². The van der Waals surface area contributed by atoms with E-state index in [1.807, 2.05) is 18.2 Å². The molecular formula is C11H12ClN. The van der Waals surface area contributed by atoms with E-state index in [0.29, 0.717) is 16.5 Å². The summed E-state index contributed by atoms with van der Waals surface area (Å²) in [6.45, 7) is 4.23. The molecule has 2 heteroatoms. The lowest BCUT2D eigenvalue weighted by molar-refractivity contribution is 0.646. The molecule has 0 radical (unpaired) electrons. The molecule has 0 atom stereocenters. The van der Waals surface area contributed by atoms with E-state index >= 15 is 0 Å². The van der Waals surface area contributed by atoms with Gasteiger partial charge in [-0.2, -0.15) is 5.26 Å². The molecule has 0 saturated heterocycles. The minimum Gasteiger partial charge on any atom is -0.192 e. The van der Waals surface area contributed by atoms with Gasteiger partial charge in [0.15, 0.2) is 0 Å². The van der Waals surface area contributed by atoms with Crippen LogP contribution in [0.4, 0.5) is 0 Å². The van der Waals surface area contributed by atoms with Gasteiger partial charge in [-0.25, -0.2) is 0 Å². The number of benzene rings is 1. The number of hydrogen-bond donors (Lipinski definition) is 0. The number of halogens is 1. The average molecular weight is 194 g/mol. The van der Waals surface area contributed by atoms with Crippen LogP contribution in [0.15, 0.2) is 18.2 Å². The molecule has 0 unspecified atom stereocenters. The highest BCUT2D eigenvalue weighted by Crippen LogP contribution is 2.22. The first kappa shape index (κ1) is 10.1. The number of nitrogens with zero attached hydrogens (tertiary/aromatic N) is 1. The fourth-order valence-corrected chi connectivity index (χ4v) is 1.53. The van der Waals surface area contributed by atoms with E-state index in [2.05, 4.69) is 19.9 Å². The second kappa shape index (κ2) is 4.30. The molecule has 0 fully saturated rings. The van der Waals surface area contributed by atoms with Crippen molar-refractivity contribution in [3.63, 3.8) is 0 Å². The van der Waals surface area contributed by atoms with E-state index in [1.165, 1.54) is 0 Å². The van der Waals surface area contributed by atoms with Gasteiger partial charge >= 0.3 is 0 Å². The quantitative estimate of drug-likeness (QED) is 0.706. The van der Waals surface area contributed by atoms with Gasteiger partial charge in [-0.3, -0.25) is 0 Å². The second-order valence-corrected chi connectivity index (χ2v) is 3.88. The molecule has 0 aromatic heterocycles. The Kier molecular flexibility index (Phi) is 3.33. The van der Waals surface area contributed by atoms with Crippen LogP contribution >= 0.6 is 11.6 Å². The molecule has 13 heavy (non-hydrogen) atoms. The lowest BCUT2D eigenvalue weighted by atomic mass is 9.99. The zero-order valence-electron chi connectivity index (χ0n) is 7.84. The predicted molar refractivity (Wildman–Crippen MR) is 54.7 cm³/mol. The van der Waals surface area contributed by atoms with Crippen LogP contribution < -0.4 is 0 Å². The van der Waals surface area contributed by atoms with Gasteiger partial charge in [-0.05, 0) is 30.0 Å². The molecule has 0 aliphatic carbocycles. The highest BCUT2D eigenvalue weighted by Gasteiger charge is 2.07. The van der Waals surface area contributed by atoms with Gasteiger partial charge in [0.25, 0.3) is 0 Å². The maximum Gasteiger partial charge on any atom is 0.0995 e. The van der Waals surface area contributed by atoms with Crippen LogP contribution in [0.3, 0.4) is 0 Å². The molecule has 1 aromatic carbocycles. The summed E-state index contributed by atoms with van der Waals surface area (Å²) in [7, 11) is 0. The van der Waals surface area contributed by atoms with E-state index < -0.39 is 0 Å². The minimum atomic E-state index is 0.520. The van der Waals surface area contributed by atoms with Gasteiger partial charge in [0, 0.05) is 5.02 Å². The SMILES string of the molecule is CC(C)Cc1c(Cl)cccc1C#N. The van der Waals surface area contributed by atoms with Gasteiger partial charge in [0.2, 0.25) is 0 Å². The summed E-state index contributed by atoms with van der Waals surface area (Å²) in [4.78, 5) is 0. The summed E-state index contributed by atoms with van der Waals surface area (Å²) in [6.07, 6.45) is 0.864. The van der Waals surface area contributed by atoms with Crippen LogP contribution in [-0.2, 0) is 6.42 Å². The zero-order chi connectivity index (χ0) is 9.84. The van der Waals surface area contributed by atoms with E-state index in [9.17, 15) is 0 Å². The molecule has 68 valence electrons. The first-order chi connectivity index (χ1) is 6.15. The van der Waals surface area contributed by atoms with E-state index in [4.69, 9.17) is 16.9 Å². The molecule has 0 bridgehead atoms. The van der Waals surface area contributed by atoms with Crippen molar-refractivity contribution in [2.75, 3.05) is 0 Å². The Labute approximate surface area is 84.0 Å². The summed E-state index contributed by atoms with van der Waals surface area (Å²) in [5.41, 5.74) is 1.67. The third-order valence-corrected chi connectivity index (χ3v) is 2.21. The van der Waals surface area contributed by atoms with Crippen LogP contribution in [0, 0.1) is 17.2 Å². The fourth-order valence-electron chi connectivity index (χ4n) is 1.28. The maximum atomic E-state index is 8.85. The molecule has 0 aliphatic heterocycles. The molecule has 0 aliphatic rings. The van der Waals surface area contributed by atoms with Crippen molar-refractivity contribution in [1.29, 1.82) is 5.26 Å². The first-order valence-electron chi connectivity index (χ1n) is 4.32. The third kappa shape index (κ3) is 2.47. The highest BCUT2D eigenvalue weighted by molar-refractivity contribution is 6.31. The average Bonchev–Trinajstić information content (AvgIpc) is 2.08. The highest BCUT2D eigenvalue weighted by atomic mass is 35.5. The van der Waals surface area contributed by atoms with Crippen molar-refractivity contribution in [3.8, 4) is 6.07 Å². The van der Waals surface area contributed by atoms with E-state index in [-0.39, 0.29) is 0 Å². The molecule has 0 heterocycles. The summed E-state index contributed by atoms with van der Waals surface area (Å²) in [6, 6.07) is 7.61. The Bertz CT molecular complexity index is 336. The first-order valence-corrected chi connectivity index (χ1v) is 4.70. The standard InChI is InChI=1S/C11H12ClN/c1-8(2)6-10-9(7-13)4-3-5-11(10)12/h3-5,8H,6H2,1-2H3. The molecule has 0 saturated carbocycles. The normalized spacial score (nSPS) is 10.1. The third-order valence-electron chi connectivity index (χ3n) is 1.85. The van der Waals surface area contributed by atoms with Crippen molar-refractivity contribution >= 4 is 11.6 Å². The summed E-state index contributed by atoms with van der Waals surface area (Å²) < 4.78 is 0. The number of nitriles is 1. The lowest BCUT2D eigenvalue weighted by Crippen LogP contribution is -1.98. The van der Waals surface area contributed by atoms with Gasteiger partial charge < -0.3 is 0 Å². The largest absolute Gasteiger partial charge is 0.192 e. The fraction of sp³-hybridized carbons (Fsp3) is 0.364.